The molecule has 0 aromatic heterocycles. The molecule has 2 aromatic rings. The van der Waals surface area contributed by atoms with E-state index < -0.39 is 11.6 Å². The molecule has 1 atom stereocenters. The van der Waals surface area contributed by atoms with E-state index in [1.165, 1.54) is 11.3 Å². The number of nitrogens with two attached hydrogens (primary N) is 1. The molecular weight excluding hydrogens is 437 g/mol. The molecular formula is C18H21F2IN4. The van der Waals surface area contributed by atoms with E-state index >= 15 is 0 Å². The summed E-state index contributed by atoms with van der Waals surface area (Å²) in [5.41, 5.74) is 8.32. The Labute approximate surface area is 163 Å². The van der Waals surface area contributed by atoms with Gasteiger partial charge in [0, 0.05) is 37.8 Å². The van der Waals surface area contributed by atoms with E-state index in [4.69, 9.17) is 5.73 Å². The first kappa shape index (κ1) is 19.4. The molecule has 3 rings (SSSR count). The highest BCUT2D eigenvalue weighted by atomic mass is 127. The van der Waals surface area contributed by atoms with E-state index in [2.05, 4.69) is 34.4 Å². The SMILES string of the molecule is CN1CC(CN=C(N)Nc2cc(F)ccc2F)Cc2ccccc21.I. The number of hydrogen-bond donors (Lipinski definition) is 2. The molecule has 1 aliphatic rings. The highest BCUT2D eigenvalue weighted by molar-refractivity contribution is 14.0. The maximum atomic E-state index is 13.6. The highest BCUT2D eigenvalue weighted by Gasteiger charge is 2.21. The van der Waals surface area contributed by atoms with Gasteiger partial charge in [-0.1, -0.05) is 18.2 Å². The highest BCUT2D eigenvalue weighted by Crippen LogP contribution is 2.28. The Kier molecular flexibility index (Phi) is 6.57. The van der Waals surface area contributed by atoms with Gasteiger partial charge in [-0.3, -0.25) is 4.99 Å². The molecule has 3 N–H and O–H groups in total. The van der Waals surface area contributed by atoms with Crippen LogP contribution in [-0.4, -0.2) is 26.1 Å². The van der Waals surface area contributed by atoms with Crippen LogP contribution in [0, 0.1) is 17.6 Å². The van der Waals surface area contributed by atoms with Gasteiger partial charge in [0.2, 0.25) is 0 Å². The van der Waals surface area contributed by atoms with Crippen molar-refractivity contribution in [1.29, 1.82) is 0 Å². The van der Waals surface area contributed by atoms with Crippen molar-refractivity contribution in [1.82, 2.24) is 0 Å². The number of nitrogens with zero attached hydrogens (tertiary/aromatic N) is 2. The third-order valence-corrected chi connectivity index (χ3v) is 4.15. The summed E-state index contributed by atoms with van der Waals surface area (Å²) in [5.74, 6) is -0.693. The summed E-state index contributed by atoms with van der Waals surface area (Å²) in [6.07, 6.45) is 0.922. The number of guanidine groups is 1. The first-order valence-electron chi connectivity index (χ1n) is 7.84. The lowest BCUT2D eigenvalue weighted by atomic mass is 9.93. The smallest absolute Gasteiger partial charge is 0.193 e. The fourth-order valence-corrected chi connectivity index (χ4v) is 3.04. The zero-order valence-corrected chi connectivity index (χ0v) is 16.2. The molecule has 0 amide bonds. The number of anilines is 2. The topological polar surface area (TPSA) is 53.6 Å². The van der Waals surface area contributed by atoms with Gasteiger partial charge < -0.3 is 16.0 Å². The first-order chi connectivity index (χ1) is 11.5. The third-order valence-electron chi connectivity index (χ3n) is 4.15. The summed E-state index contributed by atoms with van der Waals surface area (Å²) in [6.45, 7) is 1.40. The van der Waals surface area contributed by atoms with Crippen LogP contribution in [0.2, 0.25) is 0 Å². The quantitative estimate of drug-likeness (QED) is 0.420. The second-order valence-electron chi connectivity index (χ2n) is 6.05. The van der Waals surface area contributed by atoms with Gasteiger partial charge in [-0.15, -0.1) is 24.0 Å². The Morgan fingerprint density at radius 3 is 2.84 bits per heavy atom. The van der Waals surface area contributed by atoms with Crippen molar-refractivity contribution >= 4 is 41.3 Å². The Balaban J connectivity index is 0.00000225. The summed E-state index contributed by atoms with van der Waals surface area (Å²) in [4.78, 5) is 6.49. The number of nitrogens with one attached hydrogen (secondary N) is 1. The maximum Gasteiger partial charge on any atom is 0.193 e. The van der Waals surface area contributed by atoms with Crippen molar-refractivity contribution in [2.75, 3.05) is 30.4 Å². The van der Waals surface area contributed by atoms with Gasteiger partial charge in [0.1, 0.15) is 11.6 Å². The standard InChI is InChI=1S/C18H20F2N4.HI/c1-24-11-12(8-13-4-2-3-5-17(13)24)10-22-18(21)23-16-9-14(19)6-7-15(16)20;/h2-7,9,12H,8,10-11H2,1H3,(H3,21,22,23);1H. The lowest BCUT2D eigenvalue weighted by Gasteiger charge is -2.32. The molecule has 0 aliphatic carbocycles. The molecule has 0 saturated carbocycles. The van der Waals surface area contributed by atoms with Gasteiger partial charge in [-0.2, -0.15) is 0 Å². The summed E-state index contributed by atoms with van der Waals surface area (Å²) < 4.78 is 26.8. The Hall–Kier alpha value is -1.90. The van der Waals surface area contributed by atoms with Crippen LogP contribution in [0.5, 0.6) is 0 Å². The molecule has 25 heavy (non-hydrogen) atoms. The summed E-state index contributed by atoms with van der Waals surface area (Å²) >= 11 is 0. The average Bonchev–Trinajstić information content (AvgIpc) is 2.56. The van der Waals surface area contributed by atoms with Crippen LogP contribution in [0.15, 0.2) is 47.5 Å². The maximum absolute atomic E-state index is 13.6. The Morgan fingerprint density at radius 1 is 1.28 bits per heavy atom. The number of hydrogen-bond acceptors (Lipinski definition) is 2. The van der Waals surface area contributed by atoms with E-state index in [0.29, 0.717) is 12.5 Å². The average molecular weight is 458 g/mol. The minimum atomic E-state index is -0.569. The zero-order chi connectivity index (χ0) is 17.1. The van der Waals surface area contributed by atoms with Crippen molar-refractivity contribution in [2.24, 2.45) is 16.6 Å². The largest absolute Gasteiger partial charge is 0.374 e. The van der Waals surface area contributed by atoms with Crippen LogP contribution in [0.4, 0.5) is 20.2 Å². The Bertz CT molecular complexity index is 766. The van der Waals surface area contributed by atoms with Gasteiger partial charge in [0.05, 0.1) is 5.69 Å². The minimum Gasteiger partial charge on any atom is -0.374 e. The number of para-hydroxylation sites is 1. The van der Waals surface area contributed by atoms with Gasteiger partial charge in [0.15, 0.2) is 5.96 Å². The van der Waals surface area contributed by atoms with Gasteiger partial charge >= 0.3 is 0 Å². The van der Waals surface area contributed by atoms with Crippen LogP contribution in [0.1, 0.15) is 5.56 Å². The third kappa shape index (κ3) is 4.81. The number of benzene rings is 2. The molecule has 134 valence electrons. The zero-order valence-electron chi connectivity index (χ0n) is 13.9. The fraction of sp³-hybridized carbons (Fsp3) is 0.278. The minimum absolute atomic E-state index is 0. The van der Waals surface area contributed by atoms with Crippen LogP contribution in [-0.2, 0) is 6.42 Å². The van der Waals surface area contributed by atoms with Gasteiger partial charge in [0.25, 0.3) is 0 Å². The normalized spacial score (nSPS) is 16.8. The van der Waals surface area contributed by atoms with E-state index in [9.17, 15) is 8.78 Å². The molecule has 0 spiro atoms. The van der Waals surface area contributed by atoms with Crippen molar-refractivity contribution < 1.29 is 8.78 Å². The van der Waals surface area contributed by atoms with Crippen molar-refractivity contribution in [2.45, 2.75) is 6.42 Å². The molecule has 4 nitrogen and oxygen atoms in total. The van der Waals surface area contributed by atoms with Crippen molar-refractivity contribution in [3.05, 3.63) is 59.7 Å². The lowest BCUT2D eigenvalue weighted by molar-refractivity contribution is 0.515. The number of fused-ring (bicyclic) bond motifs is 1. The predicted molar refractivity (Wildman–Crippen MR) is 109 cm³/mol. The van der Waals surface area contributed by atoms with Crippen LogP contribution >= 0.6 is 24.0 Å². The molecule has 7 heteroatoms. The van der Waals surface area contributed by atoms with E-state index in [1.807, 2.05) is 12.1 Å². The van der Waals surface area contributed by atoms with Gasteiger partial charge in [-0.25, -0.2) is 8.78 Å². The van der Waals surface area contributed by atoms with Crippen LogP contribution < -0.4 is 16.0 Å². The lowest BCUT2D eigenvalue weighted by Crippen LogP contribution is -2.34. The second-order valence-corrected chi connectivity index (χ2v) is 6.05. The number of rotatable bonds is 3. The molecule has 0 bridgehead atoms. The summed E-state index contributed by atoms with van der Waals surface area (Å²) in [5, 5.41) is 2.62. The summed E-state index contributed by atoms with van der Waals surface area (Å²) in [7, 11) is 2.05. The summed E-state index contributed by atoms with van der Waals surface area (Å²) in [6, 6.07) is 11.5. The Morgan fingerprint density at radius 2 is 2.04 bits per heavy atom. The monoisotopic (exact) mass is 458 g/mol. The van der Waals surface area contributed by atoms with Crippen molar-refractivity contribution in [3.63, 3.8) is 0 Å². The van der Waals surface area contributed by atoms with Crippen molar-refractivity contribution in [3.8, 4) is 0 Å². The van der Waals surface area contributed by atoms with Crippen LogP contribution in [0.3, 0.4) is 0 Å². The number of halogens is 3. The molecule has 0 fully saturated rings. The van der Waals surface area contributed by atoms with Crippen LogP contribution in [0.25, 0.3) is 0 Å². The molecule has 1 unspecified atom stereocenters. The van der Waals surface area contributed by atoms with E-state index in [-0.39, 0.29) is 35.6 Å². The molecule has 1 heterocycles. The predicted octanol–water partition coefficient (Wildman–Crippen LogP) is 3.62. The van der Waals surface area contributed by atoms with E-state index in [1.54, 1.807) is 0 Å². The molecule has 1 aliphatic heterocycles. The molecule has 2 aromatic carbocycles. The first-order valence-corrected chi connectivity index (χ1v) is 7.84. The molecule has 0 radical (unpaired) electrons. The second kappa shape index (κ2) is 8.46. The molecule has 0 saturated heterocycles. The fourth-order valence-electron chi connectivity index (χ4n) is 3.04. The number of aliphatic imine (C=N–C) groups is 1. The van der Waals surface area contributed by atoms with E-state index in [0.717, 1.165) is 31.2 Å². The van der Waals surface area contributed by atoms with Gasteiger partial charge in [-0.05, 0) is 30.2 Å².